The molecule has 1 unspecified atom stereocenters. The van der Waals surface area contributed by atoms with E-state index in [1.54, 1.807) is 12.0 Å². The Balaban J connectivity index is 2.17. The zero-order valence-electron chi connectivity index (χ0n) is 22.4. The third-order valence-electron chi connectivity index (χ3n) is 6.50. The number of nitrogens with zero attached hydrogens (tertiary/aromatic N) is 2. The maximum Gasteiger partial charge on any atom is 0.295 e. The van der Waals surface area contributed by atoms with E-state index in [2.05, 4.69) is 0 Å². The largest absolute Gasteiger partial charge is 0.507 e. The second kappa shape index (κ2) is 11.6. The van der Waals surface area contributed by atoms with Crippen molar-refractivity contribution < 1.29 is 24.2 Å². The fraction of sp³-hybridized carbons (Fsp3) is 0.448. The Kier molecular flexibility index (Phi) is 8.79. The third-order valence-corrected chi connectivity index (χ3v) is 6.50. The standard InChI is InChI=1S/C29H38N2O5/c1-8-36-21-12-10-20(11-13-21)26-25(28(33)29(34)31(26)15-9-14-30(5)6)27(32)23-17-22(18(2)3)24(35-7)16-19(23)4/h10-13,16-18,26,32H,8-9,14-15H2,1-7H3/b27-25+. The molecule has 0 aromatic heterocycles. The molecule has 0 radical (unpaired) electrons. The quantitative estimate of drug-likeness (QED) is 0.288. The molecular weight excluding hydrogens is 456 g/mol. The summed E-state index contributed by atoms with van der Waals surface area (Å²) in [5, 5.41) is 11.6. The number of amides is 1. The number of carbonyl (C=O) groups is 2. The highest BCUT2D eigenvalue weighted by Gasteiger charge is 2.46. The summed E-state index contributed by atoms with van der Waals surface area (Å²) in [6.45, 7) is 9.57. The normalized spacial score (nSPS) is 17.4. The van der Waals surface area contributed by atoms with Crippen LogP contribution in [0.25, 0.3) is 5.76 Å². The molecule has 0 bridgehead atoms. The molecule has 1 heterocycles. The molecular formula is C29H38N2O5. The smallest absolute Gasteiger partial charge is 0.295 e. The monoisotopic (exact) mass is 494 g/mol. The fourth-order valence-corrected chi connectivity index (χ4v) is 4.65. The van der Waals surface area contributed by atoms with Crippen LogP contribution >= 0.6 is 0 Å². The molecule has 0 aliphatic carbocycles. The van der Waals surface area contributed by atoms with E-state index in [1.807, 2.05) is 83.1 Å². The second-order valence-electron chi connectivity index (χ2n) is 9.72. The van der Waals surface area contributed by atoms with Crippen molar-refractivity contribution in [2.45, 2.75) is 46.1 Å². The number of hydrogen-bond donors (Lipinski definition) is 1. The number of hydrogen-bond acceptors (Lipinski definition) is 6. The van der Waals surface area contributed by atoms with Crippen LogP contribution in [-0.4, -0.2) is 67.5 Å². The van der Waals surface area contributed by atoms with Gasteiger partial charge in [0.25, 0.3) is 11.7 Å². The Morgan fingerprint density at radius 1 is 1.14 bits per heavy atom. The van der Waals surface area contributed by atoms with Gasteiger partial charge in [0, 0.05) is 12.1 Å². The van der Waals surface area contributed by atoms with Gasteiger partial charge in [0.1, 0.15) is 17.3 Å². The summed E-state index contributed by atoms with van der Waals surface area (Å²) in [5.41, 5.74) is 3.07. The maximum atomic E-state index is 13.4. The van der Waals surface area contributed by atoms with Crippen LogP contribution in [0.1, 0.15) is 61.4 Å². The Morgan fingerprint density at radius 2 is 1.81 bits per heavy atom. The van der Waals surface area contributed by atoms with E-state index in [-0.39, 0.29) is 17.3 Å². The number of ketones is 1. The summed E-state index contributed by atoms with van der Waals surface area (Å²) in [7, 11) is 5.55. The van der Waals surface area contributed by atoms with Gasteiger partial charge < -0.3 is 24.4 Å². The molecule has 1 aliphatic rings. The molecule has 7 heteroatoms. The summed E-state index contributed by atoms with van der Waals surface area (Å²) in [6, 6.07) is 10.4. The second-order valence-corrected chi connectivity index (χ2v) is 9.72. The van der Waals surface area contributed by atoms with Crippen molar-refractivity contribution in [3.63, 3.8) is 0 Å². The maximum absolute atomic E-state index is 13.4. The number of aryl methyl sites for hydroxylation is 1. The molecule has 1 N–H and O–H groups in total. The van der Waals surface area contributed by atoms with E-state index in [4.69, 9.17) is 9.47 Å². The predicted molar refractivity (Wildman–Crippen MR) is 142 cm³/mol. The van der Waals surface area contributed by atoms with E-state index >= 15 is 0 Å². The topological polar surface area (TPSA) is 79.3 Å². The molecule has 7 nitrogen and oxygen atoms in total. The van der Waals surface area contributed by atoms with Crippen LogP contribution in [0.5, 0.6) is 11.5 Å². The van der Waals surface area contributed by atoms with Crippen molar-refractivity contribution in [2.24, 2.45) is 0 Å². The Hall–Kier alpha value is -3.32. The number of methoxy groups -OCH3 is 1. The van der Waals surface area contributed by atoms with E-state index in [0.717, 1.165) is 29.0 Å². The lowest BCUT2D eigenvalue weighted by atomic mass is 9.91. The predicted octanol–water partition coefficient (Wildman–Crippen LogP) is 4.90. The average Bonchev–Trinajstić information content (AvgIpc) is 3.08. The summed E-state index contributed by atoms with van der Waals surface area (Å²) in [5.74, 6) is 0.151. The molecule has 1 fully saturated rings. The van der Waals surface area contributed by atoms with Crippen molar-refractivity contribution in [3.05, 3.63) is 64.2 Å². The first kappa shape index (κ1) is 27.3. The highest BCUT2D eigenvalue weighted by atomic mass is 16.5. The first-order valence-electron chi connectivity index (χ1n) is 12.4. The van der Waals surface area contributed by atoms with Gasteiger partial charge in [0.05, 0.1) is 25.3 Å². The van der Waals surface area contributed by atoms with Crippen molar-refractivity contribution in [1.29, 1.82) is 0 Å². The van der Waals surface area contributed by atoms with Gasteiger partial charge in [-0.3, -0.25) is 9.59 Å². The van der Waals surface area contributed by atoms with E-state index in [9.17, 15) is 14.7 Å². The number of carbonyl (C=O) groups excluding carboxylic acids is 2. The van der Waals surface area contributed by atoms with Gasteiger partial charge in [-0.25, -0.2) is 0 Å². The highest BCUT2D eigenvalue weighted by molar-refractivity contribution is 6.46. The van der Waals surface area contributed by atoms with Gasteiger partial charge in [-0.2, -0.15) is 0 Å². The first-order chi connectivity index (χ1) is 17.1. The zero-order chi connectivity index (χ0) is 26.6. The van der Waals surface area contributed by atoms with Gasteiger partial charge in [-0.05, 0) is 87.8 Å². The molecule has 1 atom stereocenters. The van der Waals surface area contributed by atoms with Gasteiger partial charge in [-0.1, -0.05) is 26.0 Å². The summed E-state index contributed by atoms with van der Waals surface area (Å²) >= 11 is 0. The minimum absolute atomic E-state index is 0.108. The van der Waals surface area contributed by atoms with Crippen LogP contribution in [0.2, 0.25) is 0 Å². The van der Waals surface area contributed by atoms with Gasteiger partial charge >= 0.3 is 0 Å². The molecule has 2 aromatic rings. The van der Waals surface area contributed by atoms with Crippen molar-refractivity contribution in [1.82, 2.24) is 9.80 Å². The van der Waals surface area contributed by atoms with Crippen LogP contribution in [-0.2, 0) is 9.59 Å². The van der Waals surface area contributed by atoms with Crippen LogP contribution in [0.4, 0.5) is 0 Å². The Morgan fingerprint density at radius 3 is 2.36 bits per heavy atom. The molecule has 0 saturated carbocycles. The number of aliphatic hydroxyl groups excluding tert-OH is 1. The fourth-order valence-electron chi connectivity index (χ4n) is 4.65. The lowest BCUT2D eigenvalue weighted by Crippen LogP contribution is -2.32. The van der Waals surface area contributed by atoms with Gasteiger partial charge in [0.2, 0.25) is 0 Å². The van der Waals surface area contributed by atoms with E-state index in [0.29, 0.717) is 30.9 Å². The number of Topliss-reactive ketones (excluding diaryl/α,β-unsaturated/α-hetero) is 1. The van der Waals surface area contributed by atoms with Crippen LogP contribution in [0.3, 0.4) is 0 Å². The molecule has 0 spiro atoms. The molecule has 1 amide bonds. The highest BCUT2D eigenvalue weighted by Crippen LogP contribution is 2.41. The van der Waals surface area contributed by atoms with E-state index < -0.39 is 17.7 Å². The number of ether oxygens (including phenoxy) is 2. The summed E-state index contributed by atoms with van der Waals surface area (Å²) in [6.07, 6.45) is 0.701. The molecule has 2 aromatic carbocycles. The average molecular weight is 495 g/mol. The first-order valence-corrected chi connectivity index (χ1v) is 12.4. The van der Waals surface area contributed by atoms with Crippen LogP contribution < -0.4 is 9.47 Å². The number of aliphatic hydroxyl groups is 1. The van der Waals surface area contributed by atoms with Gasteiger partial charge in [0.15, 0.2) is 0 Å². The van der Waals surface area contributed by atoms with Crippen molar-refractivity contribution in [3.8, 4) is 11.5 Å². The van der Waals surface area contributed by atoms with Crippen LogP contribution in [0, 0.1) is 6.92 Å². The minimum Gasteiger partial charge on any atom is -0.507 e. The third kappa shape index (κ3) is 5.57. The SMILES string of the molecule is CCOc1ccc(C2/C(=C(\O)c3cc(C(C)C)c(OC)cc3C)C(=O)C(=O)N2CCCN(C)C)cc1. The lowest BCUT2D eigenvalue weighted by molar-refractivity contribution is -0.139. The molecule has 36 heavy (non-hydrogen) atoms. The lowest BCUT2D eigenvalue weighted by Gasteiger charge is -2.26. The minimum atomic E-state index is -0.688. The van der Waals surface area contributed by atoms with Gasteiger partial charge in [-0.15, -0.1) is 0 Å². The summed E-state index contributed by atoms with van der Waals surface area (Å²) in [4.78, 5) is 30.2. The van der Waals surface area contributed by atoms with Crippen molar-refractivity contribution >= 4 is 17.4 Å². The van der Waals surface area contributed by atoms with Crippen LogP contribution in [0.15, 0.2) is 42.0 Å². The molecule has 1 saturated heterocycles. The number of rotatable bonds is 10. The number of likely N-dealkylation sites (tertiary alicyclic amines) is 1. The Bertz CT molecular complexity index is 1140. The molecule has 194 valence electrons. The Labute approximate surface area is 214 Å². The number of benzene rings is 2. The summed E-state index contributed by atoms with van der Waals surface area (Å²) < 4.78 is 11.1. The van der Waals surface area contributed by atoms with Crippen molar-refractivity contribution in [2.75, 3.05) is 40.9 Å². The molecule has 1 aliphatic heterocycles. The zero-order valence-corrected chi connectivity index (χ0v) is 22.4. The van der Waals surface area contributed by atoms with E-state index in [1.165, 1.54) is 0 Å². The molecule has 3 rings (SSSR count).